The largest absolute Gasteiger partial charge is 0.488 e. The number of aromatic nitrogens is 1. The molecule has 0 unspecified atom stereocenters. The van der Waals surface area contributed by atoms with E-state index in [0.29, 0.717) is 18.0 Å². The van der Waals surface area contributed by atoms with Crippen LogP contribution in [0.3, 0.4) is 0 Å². The molecule has 6 nitrogen and oxygen atoms in total. The van der Waals surface area contributed by atoms with Crippen molar-refractivity contribution in [2.75, 3.05) is 5.32 Å². The van der Waals surface area contributed by atoms with Crippen LogP contribution >= 0.6 is 27.3 Å². The number of aryl methyl sites for hydroxylation is 1. The number of halogens is 1. The molecular weight excluding hydrogens is 432 g/mol. The summed E-state index contributed by atoms with van der Waals surface area (Å²) in [7, 11) is 0. The van der Waals surface area contributed by atoms with E-state index in [1.807, 2.05) is 31.2 Å². The lowest BCUT2D eigenvalue weighted by atomic mass is 10.2. The molecule has 0 saturated heterocycles. The molecule has 1 aromatic heterocycles. The van der Waals surface area contributed by atoms with Crippen LogP contribution in [-0.2, 0) is 16.2 Å². The molecule has 0 aliphatic heterocycles. The minimum absolute atomic E-state index is 0.376. The maximum Gasteiger partial charge on any atom is 0.394 e. The number of rotatable bonds is 5. The van der Waals surface area contributed by atoms with Crippen LogP contribution in [0.4, 0.5) is 5.69 Å². The van der Waals surface area contributed by atoms with Crippen LogP contribution in [0, 0.1) is 6.92 Å². The lowest BCUT2D eigenvalue weighted by Gasteiger charge is -2.07. The van der Waals surface area contributed by atoms with Crippen molar-refractivity contribution in [3.8, 4) is 16.3 Å². The number of thiazole rings is 1. The van der Waals surface area contributed by atoms with Gasteiger partial charge in [0.15, 0.2) is 0 Å². The number of anilines is 1. The average molecular weight is 447 g/mol. The number of hydrogen-bond acceptors (Lipinski definition) is 5. The van der Waals surface area contributed by atoms with Gasteiger partial charge in [0.2, 0.25) is 0 Å². The summed E-state index contributed by atoms with van der Waals surface area (Å²) >= 11 is 5.00. The highest BCUT2D eigenvalue weighted by molar-refractivity contribution is 9.10. The minimum Gasteiger partial charge on any atom is -0.488 e. The second kappa shape index (κ2) is 8.32. The van der Waals surface area contributed by atoms with E-state index in [0.717, 1.165) is 25.6 Å². The second-order valence-electron chi connectivity index (χ2n) is 5.61. The van der Waals surface area contributed by atoms with Crippen molar-refractivity contribution < 1.29 is 19.4 Å². The fourth-order valence-electron chi connectivity index (χ4n) is 2.25. The van der Waals surface area contributed by atoms with Gasteiger partial charge >= 0.3 is 11.9 Å². The van der Waals surface area contributed by atoms with E-state index >= 15 is 0 Å². The molecule has 3 aromatic rings. The Balaban J connectivity index is 1.64. The second-order valence-corrected chi connectivity index (χ2v) is 7.61. The van der Waals surface area contributed by atoms with Crippen molar-refractivity contribution in [2.24, 2.45) is 0 Å². The van der Waals surface area contributed by atoms with Crippen LogP contribution in [-0.4, -0.2) is 22.0 Å². The number of benzene rings is 2. The van der Waals surface area contributed by atoms with E-state index in [4.69, 9.17) is 9.84 Å². The third-order valence-corrected chi connectivity index (χ3v) is 5.37. The molecule has 0 aliphatic rings. The number of carboxylic acid groups (broad SMARTS) is 1. The molecule has 0 fully saturated rings. The molecule has 8 heteroatoms. The lowest BCUT2D eigenvalue weighted by Crippen LogP contribution is -2.21. The number of carbonyl (C=O) groups excluding carboxylic acids is 1. The van der Waals surface area contributed by atoms with Gasteiger partial charge in [0.25, 0.3) is 0 Å². The Labute approximate surface area is 168 Å². The molecule has 2 N–H and O–H groups in total. The zero-order valence-corrected chi connectivity index (χ0v) is 16.6. The third kappa shape index (κ3) is 4.93. The molecule has 0 spiro atoms. The number of nitrogens with one attached hydrogen (secondary N) is 1. The molecule has 0 aliphatic carbocycles. The summed E-state index contributed by atoms with van der Waals surface area (Å²) in [6, 6.07) is 14.5. The number of carboxylic acids is 1. The monoisotopic (exact) mass is 446 g/mol. The molecule has 0 atom stereocenters. The Bertz CT molecular complexity index is 968. The third-order valence-electron chi connectivity index (χ3n) is 3.66. The van der Waals surface area contributed by atoms with Gasteiger partial charge in [-0.15, -0.1) is 11.3 Å². The van der Waals surface area contributed by atoms with Crippen molar-refractivity contribution in [3.05, 3.63) is 63.6 Å². The van der Waals surface area contributed by atoms with E-state index in [9.17, 15) is 9.59 Å². The van der Waals surface area contributed by atoms with Crippen LogP contribution in [0.25, 0.3) is 10.6 Å². The van der Waals surface area contributed by atoms with E-state index in [2.05, 4.69) is 26.2 Å². The SMILES string of the molecule is Cc1nc(-c2ccc(Br)cc2)sc1COc1ccc(NC(=O)C(=O)O)cc1. The molecule has 27 heavy (non-hydrogen) atoms. The van der Waals surface area contributed by atoms with Gasteiger partial charge in [-0.05, 0) is 43.3 Å². The maximum absolute atomic E-state index is 11.1. The van der Waals surface area contributed by atoms with E-state index < -0.39 is 11.9 Å². The predicted molar refractivity (Wildman–Crippen MR) is 107 cm³/mol. The van der Waals surface area contributed by atoms with Crippen LogP contribution in [0.15, 0.2) is 53.0 Å². The zero-order chi connectivity index (χ0) is 19.4. The first kappa shape index (κ1) is 19.1. The van der Waals surface area contributed by atoms with Gasteiger partial charge in [0, 0.05) is 15.7 Å². The van der Waals surface area contributed by atoms with Gasteiger partial charge in [-0.1, -0.05) is 28.1 Å². The summed E-state index contributed by atoms with van der Waals surface area (Å²) in [6.07, 6.45) is 0. The summed E-state index contributed by atoms with van der Waals surface area (Å²) in [5.41, 5.74) is 2.36. The van der Waals surface area contributed by atoms with Gasteiger partial charge in [0.1, 0.15) is 17.4 Å². The normalized spacial score (nSPS) is 10.4. The van der Waals surface area contributed by atoms with E-state index in [1.165, 1.54) is 0 Å². The predicted octanol–water partition coefficient (Wildman–Crippen LogP) is 4.48. The Kier molecular flexibility index (Phi) is 5.88. The number of amides is 1. The van der Waals surface area contributed by atoms with Gasteiger partial charge in [0.05, 0.1) is 10.6 Å². The molecule has 1 amide bonds. The quantitative estimate of drug-likeness (QED) is 0.563. The molecular formula is C19H15BrN2O4S. The minimum atomic E-state index is -1.53. The highest BCUT2D eigenvalue weighted by Gasteiger charge is 2.12. The molecule has 0 radical (unpaired) electrons. The first-order valence-corrected chi connectivity index (χ1v) is 9.52. The number of ether oxygens (including phenoxy) is 1. The topological polar surface area (TPSA) is 88.5 Å². The zero-order valence-electron chi connectivity index (χ0n) is 14.2. The molecule has 0 saturated carbocycles. The van der Waals surface area contributed by atoms with Gasteiger partial charge in [-0.3, -0.25) is 4.79 Å². The molecule has 2 aromatic carbocycles. The summed E-state index contributed by atoms with van der Waals surface area (Å²) in [4.78, 5) is 27.3. The average Bonchev–Trinajstić information content (AvgIpc) is 3.02. The highest BCUT2D eigenvalue weighted by atomic mass is 79.9. The first-order valence-electron chi connectivity index (χ1n) is 7.92. The Morgan fingerprint density at radius 3 is 2.44 bits per heavy atom. The fraction of sp³-hybridized carbons (Fsp3) is 0.105. The molecule has 1 heterocycles. The van der Waals surface area contributed by atoms with Crippen molar-refractivity contribution in [3.63, 3.8) is 0 Å². The molecule has 3 rings (SSSR count). The number of aliphatic carboxylic acids is 1. The van der Waals surface area contributed by atoms with Crippen molar-refractivity contribution in [2.45, 2.75) is 13.5 Å². The Morgan fingerprint density at radius 2 is 1.81 bits per heavy atom. The maximum atomic E-state index is 11.1. The molecule has 138 valence electrons. The summed E-state index contributed by atoms with van der Waals surface area (Å²) in [6.45, 7) is 2.32. The summed E-state index contributed by atoms with van der Waals surface area (Å²) < 4.78 is 6.80. The van der Waals surface area contributed by atoms with E-state index in [1.54, 1.807) is 35.6 Å². The van der Waals surface area contributed by atoms with Crippen LogP contribution in [0.5, 0.6) is 5.75 Å². The Hall–Kier alpha value is -2.71. The summed E-state index contributed by atoms with van der Waals surface area (Å²) in [5, 5.41) is 11.8. The van der Waals surface area contributed by atoms with Gasteiger partial charge < -0.3 is 15.2 Å². The van der Waals surface area contributed by atoms with Crippen LogP contribution < -0.4 is 10.1 Å². The standard InChI is InChI=1S/C19H15BrN2O4S/c1-11-16(27-18(21-11)12-2-4-13(20)5-3-12)10-26-15-8-6-14(7-9-15)22-17(23)19(24)25/h2-9H,10H2,1H3,(H,22,23)(H,24,25). The fourth-order valence-corrected chi connectivity index (χ4v) is 3.49. The lowest BCUT2D eigenvalue weighted by molar-refractivity contribution is -0.147. The van der Waals surface area contributed by atoms with Crippen molar-refractivity contribution >= 4 is 44.8 Å². The van der Waals surface area contributed by atoms with Crippen LogP contribution in [0.1, 0.15) is 10.6 Å². The van der Waals surface area contributed by atoms with E-state index in [-0.39, 0.29) is 0 Å². The smallest absolute Gasteiger partial charge is 0.394 e. The van der Waals surface area contributed by atoms with Crippen molar-refractivity contribution in [1.82, 2.24) is 4.98 Å². The first-order chi connectivity index (χ1) is 12.9. The summed E-state index contributed by atoms with van der Waals surface area (Å²) in [5.74, 6) is -2.00. The number of hydrogen-bond donors (Lipinski definition) is 2. The molecule has 0 bridgehead atoms. The number of nitrogens with zero attached hydrogens (tertiary/aromatic N) is 1. The Morgan fingerprint density at radius 1 is 1.15 bits per heavy atom. The highest BCUT2D eigenvalue weighted by Crippen LogP contribution is 2.29. The van der Waals surface area contributed by atoms with Gasteiger partial charge in [-0.25, -0.2) is 9.78 Å². The van der Waals surface area contributed by atoms with Crippen molar-refractivity contribution in [1.29, 1.82) is 0 Å². The van der Waals surface area contributed by atoms with Gasteiger partial charge in [-0.2, -0.15) is 0 Å². The van der Waals surface area contributed by atoms with Crippen LogP contribution in [0.2, 0.25) is 0 Å². The number of carbonyl (C=O) groups is 2.